The third-order valence-corrected chi connectivity index (χ3v) is 1.70. The fourth-order valence-corrected chi connectivity index (χ4v) is 0.984. The lowest BCUT2D eigenvalue weighted by atomic mass is 10.2. The van der Waals surface area contributed by atoms with Gasteiger partial charge in [0.25, 0.3) is 0 Å². The Morgan fingerprint density at radius 3 is 2.41 bits per heavy atom. The number of nitrogens with one attached hydrogen (secondary N) is 1. The molecule has 17 heavy (non-hydrogen) atoms. The molecule has 0 saturated carbocycles. The van der Waals surface area contributed by atoms with Crippen LogP contribution in [0.5, 0.6) is 0 Å². The van der Waals surface area contributed by atoms with E-state index in [2.05, 4.69) is 15.3 Å². The van der Waals surface area contributed by atoms with Gasteiger partial charge in [-0.1, -0.05) is 5.16 Å². The molecule has 0 spiro atoms. The Morgan fingerprint density at radius 2 is 1.94 bits per heavy atom. The summed E-state index contributed by atoms with van der Waals surface area (Å²) in [4.78, 5) is 15.3. The van der Waals surface area contributed by atoms with Crippen LogP contribution < -0.4 is 5.32 Å². The van der Waals surface area contributed by atoms with Crippen LogP contribution >= 0.6 is 0 Å². The van der Waals surface area contributed by atoms with E-state index in [1.54, 1.807) is 6.92 Å². The van der Waals surface area contributed by atoms with Crippen molar-refractivity contribution in [2.75, 3.05) is 5.32 Å². The predicted molar refractivity (Wildman–Crippen MR) is 55.7 cm³/mol. The van der Waals surface area contributed by atoms with Crippen molar-refractivity contribution in [2.24, 2.45) is 5.16 Å². The van der Waals surface area contributed by atoms with Crippen LogP contribution in [-0.2, 0) is 11.0 Å². The highest BCUT2D eigenvalue weighted by atomic mass is 19.4. The zero-order chi connectivity index (χ0) is 12.9. The zero-order valence-electron chi connectivity index (χ0n) is 8.78. The number of hydrogen-bond acceptors (Lipinski definition) is 3. The maximum Gasteiger partial charge on any atom is 0.437 e. The van der Waals surface area contributed by atoms with E-state index in [1.807, 2.05) is 0 Å². The van der Waals surface area contributed by atoms with Crippen molar-refractivity contribution in [3.8, 4) is 0 Å². The molecule has 1 rings (SSSR count). The van der Waals surface area contributed by atoms with E-state index < -0.39 is 17.8 Å². The van der Waals surface area contributed by atoms with Crippen LogP contribution in [-0.4, -0.2) is 12.3 Å². The van der Waals surface area contributed by atoms with E-state index in [9.17, 15) is 18.0 Å². The molecule has 0 heterocycles. The minimum Gasteiger partial charge on any atom is -0.298 e. The average molecular weight is 246 g/mol. The Labute approximate surface area is 95.1 Å². The molecule has 0 aliphatic rings. The Hall–Kier alpha value is -2.05. The largest absolute Gasteiger partial charge is 0.437 e. The normalized spacial score (nSPS) is 11.5. The molecule has 0 aliphatic heterocycles. The molecular weight excluding hydrogens is 237 g/mol. The van der Waals surface area contributed by atoms with Gasteiger partial charge in [-0.15, -0.1) is 0 Å². The first-order valence-corrected chi connectivity index (χ1v) is 4.56. The standard InChI is InChI=1S/C10H9F3N2O2/c1-2-14-17-9(16)15-8-5-3-7(4-6-8)10(11,12)13/h2-6H,1H3,(H,15,16)/b14-2+. The second-order valence-electron chi connectivity index (χ2n) is 2.94. The number of oxime groups is 1. The van der Waals surface area contributed by atoms with Crippen molar-refractivity contribution in [1.82, 2.24) is 0 Å². The number of amides is 1. The molecule has 7 heteroatoms. The molecule has 0 unspecified atom stereocenters. The molecule has 1 aromatic rings. The van der Waals surface area contributed by atoms with Crippen LogP contribution in [0.3, 0.4) is 0 Å². The fraction of sp³-hybridized carbons (Fsp3) is 0.200. The van der Waals surface area contributed by atoms with Gasteiger partial charge in [0, 0.05) is 11.9 Å². The number of nitrogens with zero attached hydrogens (tertiary/aromatic N) is 1. The smallest absolute Gasteiger partial charge is 0.298 e. The lowest BCUT2D eigenvalue weighted by Crippen LogP contribution is -2.11. The summed E-state index contributed by atoms with van der Waals surface area (Å²) in [6.07, 6.45) is -4.01. The predicted octanol–water partition coefficient (Wildman–Crippen LogP) is 3.26. The van der Waals surface area contributed by atoms with Crippen molar-refractivity contribution < 1.29 is 22.8 Å². The number of rotatable bonds is 2. The quantitative estimate of drug-likeness (QED) is 0.494. The summed E-state index contributed by atoms with van der Waals surface area (Å²) < 4.78 is 36.7. The van der Waals surface area contributed by atoms with E-state index >= 15 is 0 Å². The van der Waals surface area contributed by atoms with Crippen LogP contribution in [0.2, 0.25) is 0 Å². The van der Waals surface area contributed by atoms with Gasteiger partial charge < -0.3 is 0 Å². The van der Waals surface area contributed by atoms with Crippen LogP contribution in [0.25, 0.3) is 0 Å². The number of carbonyl (C=O) groups excluding carboxylic acids is 1. The van der Waals surface area contributed by atoms with E-state index in [0.29, 0.717) is 0 Å². The second-order valence-corrected chi connectivity index (χ2v) is 2.94. The third kappa shape index (κ3) is 4.13. The van der Waals surface area contributed by atoms with E-state index in [0.717, 1.165) is 24.3 Å². The summed E-state index contributed by atoms with van der Waals surface area (Å²) in [5, 5.41) is 5.42. The van der Waals surface area contributed by atoms with Crippen LogP contribution in [0.4, 0.5) is 23.7 Å². The lowest BCUT2D eigenvalue weighted by Gasteiger charge is -2.07. The number of halogens is 3. The van der Waals surface area contributed by atoms with Gasteiger partial charge in [-0.25, -0.2) is 4.79 Å². The zero-order valence-corrected chi connectivity index (χ0v) is 8.78. The van der Waals surface area contributed by atoms with E-state index in [4.69, 9.17) is 0 Å². The Morgan fingerprint density at radius 1 is 1.35 bits per heavy atom. The highest BCUT2D eigenvalue weighted by Crippen LogP contribution is 2.29. The minimum absolute atomic E-state index is 0.189. The van der Waals surface area contributed by atoms with Gasteiger partial charge in [-0.3, -0.25) is 10.2 Å². The van der Waals surface area contributed by atoms with Crippen LogP contribution in [0, 0.1) is 0 Å². The number of anilines is 1. The molecule has 0 atom stereocenters. The SMILES string of the molecule is C/C=N/OC(=O)Nc1ccc(C(F)(F)F)cc1. The van der Waals surface area contributed by atoms with Gasteiger partial charge in [0.05, 0.1) is 5.56 Å². The summed E-state index contributed by atoms with van der Waals surface area (Å²) in [7, 11) is 0. The molecule has 0 bridgehead atoms. The second kappa shape index (κ2) is 5.33. The summed E-state index contributed by atoms with van der Waals surface area (Å²) in [6.45, 7) is 1.55. The Bertz CT molecular complexity index is 413. The van der Waals surface area contributed by atoms with E-state index in [1.165, 1.54) is 6.21 Å². The topological polar surface area (TPSA) is 50.7 Å². The van der Waals surface area contributed by atoms with Crippen molar-refractivity contribution >= 4 is 18.0 Å². The van der Waals surface area contributed by atoms with Crippen molar-refractivity contribution in [3.63, 3.8) is 0 Å². The molecular formula is C10H9F3N2O2. The lowest BCUT2D eigenvalue weighted by molar-refractivity contribution is -0.137. The number of hydrogen-bond donors (Lipinski definition) is 1. The summed E-state index contributed by atoms with van der Waals surface area (Å²) in [5.41, 5.74) is -0.600. The Kier molecular flexibility index (Phi) is 4.08. The van der Waals surface area contributed by atoms with Gasteiger partial charge in [0.15, 0.2) is 0 Å². The Balaban J connectivity index is 2.66. The van der Waals surface area contributed by atoms with Crippen LogP contribution in [0.15, 0.2) is 29.4 Å². The maximum atomic E-state index is 12.2. The maximum absolute atomic E-state index is 12.2. The molecule has 1 amide bonds. The van der Waals surface area contributed by atoms with Crippen molar-refractivity contribution in [2.45, 2.75) is 13.1 Å². The molecule has 0 fully saturated rings. The van der Waals surface area contributed by atoms with Gasteiger partial charge in [-0.05, 0) is 31.2 Å². The monoisotopic (exact) mass is 246 g/mol. The molecule has 1 N–H and O–H groups in total. The number of carbonyl (C=O) groups is 1. The summed E-state index contributed by atoms with van der Waals surface area (Å²) in [6, 6.07) is 3.97. The van der Waals surface area contributed by atoms with Crippen LogP contribution in [0.1, 0.15) is 12.5 Å². The van der Waals surface area contributed by atoms with E-state index in [-0.39, 0.29) is 5.69 Å². The molecule has 1 aromatic carbocycles. The molecule has 0 aromatic heterocycles. The molecule has 0 saturated heterocycles. The molecule has 0 aliphatic carbocycles. The fourth-order valence-electron chi connectivity index (χ4n) is 0.984. The van der Waals surface area contributed by atoms with Gasteiger partial charge in [-0.2, -0.15) is 13.2 Å². The molecule has 4 nitrogen and oxygen atoms in total. The third-order valence-electron chi connectivity index (χ3n) is 1.70. The van der Waals surface area contributed by atoms with Gasteiger partial charge in [0.1, 0.15) is 0 Å². The van der Waals surface area contributed by atoms with Gasteiger partial charge in [0.2, 0.25) is 0 Å². The summed E-state index contributed by atoms with van der Waals surface area (Å²) in [5.74, 6) is 0. The minimum atomic E-state index is -4.40. The summed E-state index contributed by atoms with van der Waals surface area (Å²) >= 11 is 0. The number of benzene rings is 1. The first-order chi connectivity index (χ1) is 7.93. The van der Waals surface area contributed by atoms with Crippen molar-refractivity contribution in [1.29, 1.82) is 0 Å². The first-order valence-electron chi connectivity index (χ1n) is 4.56. The highest BCUT2D eigenvalue weighted by Gasteiger charge is 2.29. The first kappa shape index (κ1) is 13.0. The molecule has 92 valence electrons. The average Bonchev–Trinajstić information content (AvgIpc) is 2.26. The van der Waals surface area contributed by atoms with Crippen molar-refractivity contribution in [3.05, 3.63) is 29.8 Å². The van der Waals surface area contributed by atoms with Gasteiger partial charge >= 0.3 is 12.3 Å². The molecule has 0 radical (unpaired) electrons. The number of alkyl halides is 3. The highest BCUT2D eigenvalue weighted by molar-refractivity contribution is 5.84.